The minimum absolute atomic E-state index is 0.173. The number of H-pyrrole nitrogens is 1. The van der Waals surface area contributed by atoms with Gasteiger partial charge in [-0.05, 0) is 78.4 Å². The number of aryl methyl sites for hydroxylation is 2. The standard InChI is InChI=1S/C26H24ClN3O2/c1-17-12-20-14-21(25(31)29-24(20)13-18(17)2)16-30(15-19-6-4-3-5-7-19)26(32)28-23-10-8-22(27)9-11-23/h3-14H,15-16H2,1-2H3,(H,28,32)(H,29,31). The lowest BCUT2D eigenvalue weighted by molar-refractivity contribution is 0.206. The predicted octanol–water partition coefficient (Wildman–Crippen LogP) is 6.03. The van der Waals surface area contributed by atoms with E-state index in [1.807, 2.05) is 56.3 Å². The highest BCUT2D eigenvalue weighted by Gasteiger charge is 2.17. The van der Waals surface area contributed by atoms with Gasteiger partial charge in [0.05, 0.1) is 6.54 Å². The van der Waals surface area contributed by atoms with E-state index in [1.165, 1.54) is 0 Å². The van der Waals surface area contributed by atoms with Crippen LogP contribution < -0.4 is 10.9 Å². The maximum Gasteiger partial charge on any atom is 0.322 e. The van der Waals surface area contributed by atoms with Gasteiger partial charge in [-0.1, -0.05) is 41.9 Å². The predicted molar refractivity (Wildman–Crippen MR) is 130 cm³/mol. The van der Waals surface area contributed by atoms with Crippen molar-refractivity contribution in [3.63, 3.8) is 0 Å². The third-order valence-corrected chi connectivity index (χ3v) is 5.75. The van der Waals surface area contributed by atoms with Crippen molar-refractivity contribution in [2.45, 2.75) is 26.9 Å². The molecule has 0 spiro atoms. The molecule has 0 bridgehead atoms. The van der Waals surface area contributed by atoms with Gasteiger partial charge in [0.25, 0.3) is 5.56 Å². The lowest BCUT2D eigenvalue weighted by Crippen LogP contribution is -2.35. The molecule has 0 radical (unpaired) electrons. The van der Waals surface area contributed by atoms with Crippen molar-refractivity contribution < 1.29 is 4.79 Å². The van der Waals surface area contributed by atoms with Crippen LogP contribution >= 0.6 is 11.6 Å². The molecule has 0 aliphatic rings. The highest BCUT2D eigenvalue weighted by molar-refractivity contribution is 6.30. The van der Waals surface area contributed by atoms with Crippen LogP contribution in [0.4, 0.5) is 10.5 Å². The van der Waals surface area contributed by atoms with Crippen molar-refractivity contribution in [2.75, 3.05) is 5.32 Å². The number of halogens is 1. The van der Waals surface area contributed by atoms with Crippen LogP contribution in [0.15, 0.2) is 77.6 Å². The molecule has 5 nitrogen and oxygen atoms in total. The van der Waals surface area contributed by atoms with Crippen LogP contribution in [0.25, 0.3) is 10.9 Å². The molecule has 0 fully saturated rings. The van der Waals surface area contributed by atoms with E-state index >= 15 is 0 Å². The Bertz CT molecular complexity index is 1310. The number of fused-ring (bicyclic) bond motifs is 1. The molecule has 32 heavy (non-hydrogen) atoms. The summed E-state index contributed by atoms with van der Waals surface area (Å²) in [5.41, 5.74) is 5.01. The lowest BCUT2D eigenvalue weighted by atomic mass is 10.0. The number of aromatic amines is 1. The lowest BCUT2D eigenvalue weighted by Gasteiger charge is -2.23. The number of benzene rings is 3. The summed E-state index contributed by atoms with van der Waals surface area (Å²) in [4.78, 5) is 30.5. The van der Waals surface area contributed by atoms with E-state index in [-0.39, 0.29) is 18.1 Å². The summed E-state index contributed by atoms with van der Waals surface area (Å²) < 4.78 is 0. The number of carbonyl (C=O) groups excluding carboxylic acids is 1. The number of carbonyl (C=O) groups is 1. The fourth-order valence-corrected chi connectivity index (χ4v) is 3.71. The van der Waals surface area contributed by atoms with Crippen LogP contribution in [0.3, 0.4) is 0 Å². The number of pyridine rings is 1. The molecule has 162 valence electrons. The topological polar surface area (TPSA) is 65.2 Å². The molecule has 0 atom stereocenters. The molecule has 2 amide bonds. The van der Waals surface area contributed by atoms with Gasteiger partial charge in [0, 0.05) is 28.3 Å². The Labute approximate surface area is 191 Å². The van der Waals surface area contributed by atoms with Gasteiger partial charge in [-0.15, -0.1) is 0 Å². The molecule has 2 N–H and O–H groups in total. The van der Waals surface area contributed by atoms with Gasteiger partial charge in [-0.3, -0.25) is 4.79 Å². The molecule has 0 unspecified atom stereocenters. The van der Waals surface area contributed by atoms with Gasteiger partial charge in [-0.2, -0.15) is 0 Å². The second-order valence-corrected chi connectivity index (χ2v) is 8.36. The molecule has 0 saturated heterocycles. The molecule has 0 aliphatic carbocycles. The molecule has 0 saturated carbocycles. The van der Waals surface area contributed by atoms with Crippen LogP contribution in [-0.4, -0.2) is 15.9 Å². The summed E-state index contributed by atoms with van der Waals surface area (Å²) >= 11 is 5.95. The Kier molecular flexibility index (Phi) is 6.28. The molecule has 6 heteroatoms. The van der Waals surface area contributed by atoms with E-state index < -0.39 is 0 Å². The van der Waals surface area contributed by atoms with Crippen molar-refractivity contribution in [1.29, 1.82) is 0 Å². The van der Waals surface area contributed by atoms with Crippen molar-refractivity contribution in [3.8, 4) is 0 Å². The first kappa shape index (κ1) is 21.7. The van der Waals surface area contributed by atoms with Gasteiger partial charge in [0.2, 0.25) is 0 Å². The number of anilines is 1. The second kappa shape index (κ2) is 9.28. The van der Waals surface area contributed by atoms with Crippen LogP contribution in [0.2, 0.25) is 5.02 Å². The Hall–Kier alpha value is -3.57. The number of nitrogens with zero attached hydrogens (tertiary/aromatic N) is 1. The molecule has 0 aliphatic heterocycles. The molecular weight excluding hydrogens is 422 g/mol. The Balaban J connectivity index is 1.65. The molecule has 4 rings (SSSR count). The highest BCUT2D eigenvalue weighted by Crippen LogP contribution is 2.19. The van der Waals surface area contributed by atoms with E-state index in [9.17, 15) is 9.59 Å². The second-order valence-electron chi connectivity index (χ2n) is 7.93. The Morgan fingerprint density at radius 3 is 2.34 bits per heavy atom. The minimum Gasteiger partial charge on any atom is -0.322 e. The SMILES string of the molecule is Cc1cc2cc(CN(Cc3ccccc3)C(=O)Nc3ccc(Cl)cc3)c(=O)[nH]c2cc1C. The third-order valence-electron chi connectivity index (χ3n) is 5.50. The van der Waals surface area contributed by atoms with Crippen LogP contribution in [0.1, 0.15) is 22.3 Å². The summed E-state index contributed by atoms with van der Waals surface area (Å²) in [7, 11) is 0. The average molecular weight is 446 g/mol. The fraction of sp³-hybridized carbons (Fsp3) is 0.154. The average Bonchev–Trinajstić information content (AvgIpc) is 2.77. The van der Waals surface area contributed by atoms with Gasteiger partial charge in [-0.25, -0.2) is 4.79 Å². The number of hydrogen-bond acceptors (Lipinski definition) is 2. The van der Waals surface area contributed by atoms with Gasteiger partial charge in [0.1, 0.15) is 0 Å². The summed E-state index contributed by atoms with van der Waals surface area (Å²) in [6.45, 7) is 4.60. The maximum absolute atomic E-state index is 13.1. The first-order valence-electron chi connectivity index (χ1n) is 10.4. The van der Waals surface area contributed by atoms with Crippen molar-refractivity contribution in [3.05, 3.63) is 110 Å². The van der Waals surface area contributed by atoms with Crippen molar-refractivity contribution in [2.24, 2.45) is 0 Å². The summed E-state index contributed by atoms with van der Waals surface area (Å²) in [6, 6.07) is 22.2. The fourth-order valence-electron chi connectivity index (χ4n) is 3.58. The van der Waals surface area contributed by atoms with Crippen LogP contribution in [-0.2, 0) is 13.1 Å². The maximum atomic E-state index is 13.1. The van der Waals surface area contributed by atoms with E-state index in [4.69, 9.17) is 11.6 Å². The zero-order chi connectivity index (χ0) is 22.7. The highest BCUT2D eigenvalue weighted by atomic mass is 35.5. The van der Waals surface area contributed by atoms with E-state index in [2.05, 4.69) is 16.4 Å². The molecule has 1 heterocycles. The van der Waals surface area contributed by atoms with Gasteiger partial charge >= 0.3 is 6.03 Å². The van der Waals surface area contributed by atoms with Crippen molar-refractivity contribution in [1.82, 2.24) is 9.88 Å². The number of rotatable bonds is 5. The number of urea groups is 1. The number of nitrogens with one attached hydrogen (secondary N) is 2. The third kappa shape index (κ3) is 5.01. The van der Waals surface area contributed by atoms with E-state index in [0.717, 1.165) is 27.6 Å². The number of aromatic nitrogens is 1. The van der Waals surface area contributed by atoms with E-state index in [1.54, 1.807) is 29.2 Å². The Morgan fingerprint density at radius 1 is 0.938 bits per heavy atom. The largest absolute Gasteiger partial charge is 0.322 e. The first-order chi connectivity index (χ1) is 15.4. The minimum atomic E-state index is -0.296. The molecular formula is C26H24ClN3O2. The smallest absolute Gasteiger partial charge is 0.322 e. The normalized spacial score (nSPS) is 10.8. The zero-order valence-corrected chi connectivity index (χ0v) is 18.7. The van der Waals surface area contributed by atoms with Gasteiger partial charge < -0.3 is 15.2 Å². The van der Waals surface area contributed by atoms with Crippen molar-refractivity contribution >= 4 is 34.2 Å². The number of hydrogen-bond donors (Lipinski definition) is 2. The Morgan fingerprint density at radius 2 is 1.62 bits per heavy atom. The van der Waals surface area contributed by atoms with Gasteiger partial charge in [0.15, 0.2) is 0 Å². The first-order valence-corrected chi connectivity index (χ1v) is 10.8. The summed E-state index contributed by atoms with van der Waals surface area (Å²) in [5.74, 6) is 0. The summed E-state index contributed by atoms with van der Waals surface area (Å²) in [6.07, 6.45) is 0. The molecule has 3 aromatic carbocycles. The molecule has 1 aromatic heterocycles. The molecule has 4 aromatic rings. The number of amides is 2. The quantitative estimate of drug-likeness (QED) is 0.393. The van der Waals surface area contributed by atoms with E-state index in [0.29, 0.717) is 22.8 Å². The van der Waals surface area contributed by atoms with Crippen LogP contribution in [0.5, 0.6) is 0 Å². The van der Waals surface area contributed by atoms with Crippen LogP contribution in [0, 0.1) is 13.8 Å². The summed E-state index contributed by atoms with van der Waals surface area (Å²) in [5, 5.41) is 4.44. The monoisotopic (exact) mass is 445 g/mol. The zero-order valence-electron chi connectivity index (χ0n) is 18.0.